The number of ether oxygens (including phenoxy) is 2. The number of aliphatic hydroxyl groups is 2. The molecule has 1 heterocycles. The van der Waals surface area contributed by atoms with Gasteiger partial charge in [0, 0.05) is 6.54 Å². The van der Waals surface area contributed by atoms with Gasteiger partial charge in [-0.05, 0) is 41.5 Å². The largest absolute Gasteiger partial charge is 0.444 e. The molecule has 26 heavy (non-hydrogen) atoms. The molecule has 0 saturated carbocycles. The molecule has 0 aromatic heterocycles. The minimum Gasteiger partial charge on any atom is -0.444 e. The van der Waals surface area contributed by atoms with Crippen LogP contribution in [0.5, 0.6) is 0 Å². The lowest BCUT2D eigenvalue weighted by atomic mass is 9.94. The molecule has 2 amide bonds. The van der Waals surface area contributed by atoms with Gasteiger partial charge in [0.05, 0.1) is 32.3 Å². The zero-order valence-electron chi connectivity index (χ0n) is 16.6. The Hall–Kier alpha value is -1.58. The highest BCUT2D eigenvalue weighted by atomic mass is 16.6. The molecule has 0 spiro atoms. The monoisotopic (exact) mass is 375 g/mol. The van der Waals surface area contributed by atoms with Crippen molar-refractivity contribution in [3.8, 4) is 0 Å². The van der Waals surface area contributed by atoms with Gasteiger partial charge >= 0.3 is 12.2 Å². The fraction of sp³-hybridized carbons (Fsp3) is 0.882. The summed E-state index contributed by atoms with van der Waals surface area (Å²) in [6, 6.07) is 0. The third-order valence-corrected chi connectivity index (χ3v) is 3.46. The van der Waals surface area contributed by atoms with Crippen LogP contribution >= 0.6 is 0 Å². The molecule has 1 rings (SSSR count). The average Bonchev–Trinajstić information content (AvgIpc) is 2.39. The number of amides is 2. The van der Waals surface area contributed by atoms with Gasteiger partial charge in [-0.3, -0.25) is 0 Å². The predicted molar refractivity (Wildman–Crippen MR) is 95.6 cm³/mol. The lowest BCUT2D eigenvalue weighted by Gasteiger charge is -2.48. The number of hydrogen-bond acceptors (Lipinski definition) is 7. The number of likely N-dealkylation sites (tertiary alicyclic amines) is 1. The molecule has 4 N–H and O–H groups in total. The van der Waals surface area contributed by atoms with Gasteiger partial charge in [0.1, 0.15) is 16.8 Å². The standard InChI is InChI=1S/C17H33N3O6/c1-15(2,3)25-13(22)19(8-12(21)7-18)9-17(24)10-20(11-17)14(23)26-16(4,5)6/h12,21,24H,7-11,18H2,1-6H3/t12-/m0/s1. The second-order valence-corrected chi connectivity index (χ2v) is 8.81. The van der Waals surface area contributed by atoms with Crippen molar-refractivity contribution in [2.45, 2.75) is 64.4 Å². The summed E-state index contributed by atoms with van der Waals surface area (Å²) in [6.07, 6.45) is -2.12. The van der Waals surface area contributed by atoms with Crippen LogP contribution in [0.15, 0.2) is 0 Å². The molecule has 1 fully saturated rings. The Morgan fingerprint density at radius 1 is 1.15 bits per heavy atom. The SMILES string of the molecule is CC(C)(C)OC(=O)N(C[C@@H](O)CN)CC1(O)CN(C(=O)OC(C)(C)C)C1. The lowest BCUT2D eigenvalue weighted by Crippen LogP contribution is -2.68. The molecule has 9 nitrogen and oxygen atoms in total. The molecule has 1 aliphatic rings. The summed E-state index contributed by atoms with van der Waals surface area (Å²) in [4.78, 5) is 26.9. The molecule has 0 unspecified atom stereocenters. The fourth-order valence-corrected chi connectivity index (χ4v) is 2.43. The molecular weight excluding hydrogens is 342 g/mol. The third-order valence-electron chi connectivity index (χ3n) is 3.46. The van der Waals surface area contributed by atoms with E-state index >= 15 is 0 Å². The Morgan fingerprint density at radius 2 is 1.65 bits per heavy atom. The molecule has 0 bridgehead atoms. The molecule has 0 aliphatic carbocycles. The van der Waals surface area contributed by atoms with Gasteiger partial charge in [-0.25, -0.2) is 9.59 Å². The topological polar surface area (TPSA) is 126 Å². The Balaban J connectivity index is 2.70. The highest BCUT2D eigenvalue weighted by molar-refractivity contribution is 5.70. The first-order chi connectivity index (χ1) is 11.6. The van der Waals surface area contributed by atoms with Crippen molar-refractivity contribution >= 4 is 12.2 Å². The molecule has 0 radical (unpaired) electrons. The van der Waals surface area contributed by atoms with Gasteiger partial charge in [0.15, 0.2) is 0 Å². The Labute approximate surface area is 155 Å². The van der Waals surface area contributed by atoms with Crippen LogP contribution in [-0.4, -0.2) is 87.8 Å². The summed E-state index contributed by atoms with van der Waals surface area (Å²) >= 11 is 0. The normalized spacial score (nSPS) is 18.0. The van der Waals surface area contributed by atoms with E-state index in [0.717, 1.165) is 0 Å². The van der Waals surface area contributed by atoms with Crippen LogP contribution in [0.1, 0.15) is 41.5 Å². The van der Waals surface area contributed by atoms with Crippen LogP contribution in [0.3, 0.4) is 0 Å². The van der Waals surface area contributed by atoms with Crippen molar-refractivity contribution in [1.82, 2.24) is 9.80 Å². The van der Waals surface area contributed by atoms with Crippen molar-refractivity contribution in [2.24, 2.45) is 5.73 Å². The summed E-state index contributed by atoms with van der Waals surface area (Å²) in [5, 5.41) is 20.4. The highest BCUT2D eigenvalue weighted by Crippen LogP contribution is 2.25. The Kier molecular flexibility index (Phi) is 6.89. The van der Waals surface area contributed by atoms with E-state index in [1.165, 1.54) is 9.80 Å². The second kappa shape index (κ2) is 7.98. The number of nitrogens with zero attached hydrogens (tertiary/aromatic N) is 2. The molecule has 0 aromatic carbocycles. The maximum absolute atomic E-state index is 12.4. The maximum Gasteiger partial charge on any atom is 0.410 e. The molecule has 0 aromatic rings. The van der Waals surface area contributed by atoms with E-state index in [1.54, 1.807) is 41.5 Å². The first kappa shape index (κ1) is 22.5. The fourth-order valence-electron chi connectivity index (χ4n) is 2.43. The molecule has 9 heteroatoms. The molecular formula is C17H33N3O6. The number of carbonyl (C=O) groups is 2. The molecule has 1 atom stereocenters. The highest BCUT2D eigenvalue weighted by Gasteiger charge is 2.47. The molecule has 1 saturated heterocycles. The van der Waals surface area contributed by atoms with Gasteiger partial charge in [-0.2, -0.15) is 0 Å². The van der Waals surface area contributed by atoms with E-state index in [0.29, 0.717) is 0 Å². The van der Waals surface area contributed by atoms with Crippen LogP contribution in [-0.2, 0) is 9.47 Å². The van der Waals surface area contributed by atoms with Crippen LogP contribution < -0.4 is 5.73 Å². The van der Waals surface area contributed by atoms with E-state index in [2.05, 4.69) is 0 Å². The van der Waals surface area contributed by atoms with E-state index in [1.807, 2.05) is 0 Å². The van der Waals surface area contributed by atoms with Crippen molar-refractivity contribution in [2.75, 3.05) is 32.7 Å². The van der Waals surface area contributed by atoms with Gasteiger partial charge < -0.3 is 35.2 Å². The van der Waals surface area contributed by atoms with Gasteiger partial charge in [0.25, 0.3) is 0 Å². The third kappa shape index (κ3) is 7.35. The summed E-state index contributed by atoms with van der Waals surface area (Å²) in [6.45, 7) is 10.3. The number of aliphatic hydroxyl groups excluding tert-OH is 1. The van der Waals surface area contributed by atoms with Crippen molar-refractivity contribution in [3.05, 3.63) is 0 Å². The van der Waals surface area contributed by atoms with Crippen LogP contribution in [0.25, 0.3) is 0 Å². The van der Waals surface area contributed by atoms with E-state index in [9.17, 15) is 19.8 Å². The van der Waals surface area contributed by atoms with Crippen LogP contribution in [0, 0.1) is 0 Å². The van der Waals surface area contributed by atoms with Gasteiger partial charge in [-0.15, -0.1) is 0 Å². The second-order valence-electron chi connectivity index (χ2n) is 8.81. The van der Waals surface area contributed by atoms with E-state index in [4.69, 9.17) is 15.2 Å². The Morgan fingerprint density at radius 3 is 2.08 bits per heavy atom. The van der Waals surface area contributed by atoms with Gasteiger partial charge in [0.2, 0.25) is 0 Å². The minimum atomic E-state index is -1.29. The van der Waals surface area contributed by atoms with Crippen molar-refractivity contribution in [1.29, 1.82) is 0 Å². The number of rotatable bonds is 5. The summed E-state index contributed by atoms with van der Waals surface area (Å²) in [7, 11) is 0. The molecule has 1 aliphatic heterocycles. The zero-order valence-corrected chi connectivity index (χ0v) is 16.6. The summed E-state index contributed by atoms with van der Waals surface area (Å²) in [5.41, 5.74) is 2.79. The number of hydrogen-bond donors (Lipinski definition) is 3. The van der Waals surface area contributed by atoms with E-state index < -0.39 is 35.1 Å². The maximum atomic E-state index is 12.4. The lowest BCUT2D eigenvalue weighted by molar-refractivity contribution is -0.114. The van der Waals surface area contributed by atoms with Crippen molar-refractivity contribution in [3.63, 3.8) is 0 Å². The van der Waals surface area contributed by atoms with Crippen LogP contribution in [0.2, 0.25) is 0 Å². The first-order valence-electron chi connectivity index (χ1n) is 8.70. The van der Waals surface area contributed by atoms with Crippen molar-refractivity contribution < 1.29 is 29.3 Å². The number of β-amino-alcohol motifs (C(OH)–C–C–N with tert-alkyl or cyclic N) is 1. The quantitative estimate of drug-likeness (QED) is 0.640. The molecule has 152 valence electrons. The predicted octanol–water partition coefficient (Wildman–Crippen LogP) is 0.525. The van der Waals surface area contributed by atoms with E-state index in [-0.39, 0.29) is 32.7 Å². The minimum absolute atomic E-state index is 0.0260. The van der Waals surface area contributed by atoms with Gasteiger partial charge in [-0.1, -0.05) is 0 Å². The summed E-state index contributed by atoms with van der Waals surface area (Å²) in [5.74, 6) is 0. The average molecular weight is 375 g/mol. The van der Waals surface area contributed by atoms with Crippen LogP contribution in [0.4, 0.5) is 9.59 Å². The smallest absolute Gasteiger partial charge is 0.410 e. The number of nitrogens with two attached hydrogens (primary N) is 1. The summed E-state index contributed by atoms with van der Waals surface area (Å²) < 4.78 is 10.6. The zero-order chi connectivity index (χ0) is 20.3. The number of carbonyl (C=O) groups excluding carboxylic acids is 2. The Bertz CT molecular complexity index is 506. The first-order valence-corrected chi connectivity index (χ1v) is 8.70.